The van der Waals surface area contributed by atoms with Crippen molar-refractivity contribution in [2.75, 3.05) is 13.1 Å². The van der Waals surface area contributed by atoms with Crippen LogP contribution in [0.25, 0.3) is 0 Å². The number of benzene rings is 1. The Labute approximate surface area is 101 Å². The van der Waals surface area contributed by atoms with Crippen molar-refractivity contribution < 1.29 is 14.3 Å². The van der Waals surface area contributed by atoms with Crippen molar-refractivity contribution in [3.05, 3.63) is 35.6 Å². The summed E-state index contributed by atoms with van der Waals surface area (Å²) in [5.74, 6) is -1.38. The van der Waals surface area contributed by atoms with E-state index < -0.39 is 17.3 Å². The number of rotatable bonds is 5. The molecule has 0 fully saturated rings. The van der Waals surface area contributed by atoms with Gasteiger partial charge in [0.25, 0.3) is 0 Å². The van der Waals surface area contributed by atoms with Gasteiger partial charge in [-0.15, -0.1) is 0 Å². The average molecular weight is 239 g/mol. The van der Waals surface area contributed by atoms with E-state index in [0.717, 1.165) is 0 Å². The lowest BCUT2D eigenvalue weighted by atomic mass is 9.90. The topological polar surface area (TPSA) is 40.5 Å². The molecule has 1 aromatic carbocycles. The first-order valence-corrected chi connectivity index (χ1v) is 5.71. The largest absolute Gasteiger partial charge is 0.480 e. The van der Waals surface area contributed by atoms with Gasteiger partial charge in [0.1, 0.15) is 11.4 Å². The van der Waals surface area contributed by atoms with Crippen LogP contribution < -0.4 is 0 Å². The summed E-state index contributed by atoms with van der Waals surface area (Å²) >= 11 is 0. The molecule has 1 N–H and O–H groups in total. The highest BCUT2D eigenvalue weighted by Gasteiger charge is 2.40. The van der Waals surface area contributed by atoms with E-state index in [1.54, 1.807) is 17.9 Å². The number of nitrogens with zero attached hydrogens (tertiary/aromatic N) is 1. The lowest BCUT2D eigenvalue weighted by Crippen LogP contribution is -2.49. The van der Waals surface area contributed by atoms with Crippen LogP contribution in [0.2, 0.25) is 0 Å². The first-order valence-electron chi connectivity index (χ1n) is 5.71. The quantitative estimate of drug-likeness (QED) is 0.858. The van der Waals surface area contributed by atoms with E-state index in [1.807, 2.05) is 13.8 Å². The van der Waals surface area contributed by atoms with Gasteiger partial charge in [-0.05, 0) is 37.7 Å². The highest BCUT2D eigenvalue weighted by molar-refractivity contribution is 5.80. The Bertz CT molecular complexity index is 404. The first kappa shape index (κ1) is 13.6. The van der Waals surface area contributed by atoms with Gasteiger partial charge in [0.2, 0.25) is 0 Å². The number of carboxylic acid groups (broad SMARTS) is 1. The molecule has 17 heavy (non-hydrogen) atoms. The summed E-state index contributed by atoms with van der Waals surface area (Å²) in [5.41, 5.74) is -0.722. The summed E-state index contributed by atoms with van der Waals surface area (Å²) in [5, 5.41) is 9.45. The normalized spacial score (nSPS) is 14.6. The minimum Gasteiger partial charge on any atom is -0.480 e. The second-order valence-corrected chi connectivity index (χ2v) is 4.06. The fourth-order valence-electron chi connectivity index (χ4n) is 2.09. The number of hydrogen-bond acceptors (Lipinski definition) is 2. The molecule has 0 aliphatic carbocycles. The van der Waals surface area contributed by atoms with Crippen LogP contribution in [0.4, 0.5) is 4.39 Å². The van der Waals surface area contributed by atoms with Crippen LogP contribution in [0, 0.1) is 5.82 Å². The molecular formula is C13H18FNO2. The fourth-order valence-corrected chi connectivity index (χ4v) is 2.09. The molecule has 1 aromatic rings. The van der Waals surface area contributed by atoms with Crippen LogP contribution in [0.15, 0.2) is 24.3 Å². The molecule has 1 rings (SSSR count). The molecule has 4 heteroatoms. The predicted molar refractivity (Wildman–Crippen MR) is 64.3 cm³/mol. The minimum absolute atomic E-state index is 0.415. The predicted octanol–water partition coefficient (Wildman–Crippen LogP) is 2.47. The zero-order chi connectivity index (χ0) is 13.1. The molecule has 0 amide bonds. The summed E-state index contributed by atoms with van der Waals surface area (Å²) < 4.78 is 13.2. The maximum absolute atomic E-state index is 13.2. The Balaban J connectivity index is 3.29. The van der Waals surface area contributed by atoms with Gasteiger partial charge in [0.15, 0.2) is 0 Å². The Morgan fingerprint density at radius 3 is 2.41 bits per heavy atom. The van der Waals surface area contributed by atoms with Gasteiger partial charge >= 0.3 is 5.97 Å². The smallest absolute Gasteiger partial charge is 0.328 e. The van der Waals surface area contributed by atoms with Crippen LogP contribution in [0.1, 0.15) is 26.3 Å². The maximum atomic E-state index is 13.2. The zero-order valence-corrected chi connectivity index (χ0v) is 10.4. The molecule has 0 saturated heterocycles. The lowest BCUT2D eigenvalue weighted by molar-refractivity contribution is -0.151. The van der Waals surface area contributed by atoms with Crippen molar-refractivity contribution in [1.29, 1.82) is 0 Å². The fraction of sp³-hybridized carbons (Fsp3) is 0.462. The average Bonchev–Trinajstić information content (AvgIpc) is 2.30. The standard InChI is InChI=1S/C13H18FNO2/c1-4-15(5-2)13(3,12(16)17)10-7-6-8-11(14)9-10/h6-9H,4-5H2,1-3H3,(H,16,17)/t13-/m0/s1. The van der Waals surface area contributed by atoms with Gasteiger partial charge in [0, 0.05) is 0 Å². The third-order valence-corrected chi connectivity index (χ3v) is 3.20. The number of carboxylic acids is 1. The second-order valence-electron chi connectivity index (χ2n) is 4.06. The maximum Gasteiger partial charge on any atom is 0.328 e. The van der Waals surface area contributed by atoms with Gasteiger partial charge in [0.05, 0.1) is 0 Å². The van der Waals surface area contributed by atoms with Gasteiger partial charge in [-0.25, -0.2) is 9.18 Å². The van der Waals surface area contributed by atoms with Gasteiger partial charge in [-0.3, -0.25) is 4.90 Å². The SMILES string of the molecule is CCN(CC)[C@](C)(C(=O)O)c1cccc(F)c1. The van der Waals surface area contributed by atoms with Crippen LogP contribution in [0.5, 0.6) is 0 Å². The Morgan fingerprint density at radius 2 is 2.00 bits per heavy atom. The third kappa shape index (κ3) is 2.47. The van der Waals surface area contributed by atoms with E-state index in [4.69, 9.17) is 0 Å². The lowest BCUT2D eigenvalue weighted by Gasteiger charge is -2.36. The first-order chi connectivity index (χ1) is 7.96. The van der Waals surface area contributed by atoms with E-state index in [-0.39, 0.29) is 0 Å². The second kappa shape index (κ2) is 5.27. The minimum atomic E-state index is -1.19. The molecule has 3 nitrogen and oxygen atoms in total. The Morgan fingerprint density at radius 1 is 1.41 bits per heavy atom. The molecule has 0 heterocycles. The van der Waals surface area contributed by atoms with Crippen molar-refractivity contribution >= 4 is 5.97 Å². The van der Waals surface area contributed by atoms with Crippen molar-refractivity contribution in [2.45, 2.75) is 26.3 Å². The Hall–Kier alpha value is -1.42. The van der Waals surface area contributed by atoms with Gasteiger partial charge in [-0.1, -0.05) is 26.0 Å². The highest BCUT2D eigenvalue weighted by Crippen LogP contribution is 2.28. The van der Waals surface area contributed by atoms with E-state index in [1.165, 1.54) is 18.2 Å². The molecule has 0 radical (unpaired) electrons. The molecule has 0 unspecified atom stereocenters. The van der Waals surface area contributed by atoms with Crippen LogP contribution in [-0.4, -0.2) is 29.1 Å². The van der Waals surface area contributed by atoms with Crippen molar-refractivity contribution in [2.24, 2.45) is 0 Å². The van der Waals surface area contributed by atoms with Crippen molar-refractivity contribution in [1.82, 2.24) is 4.90 Å². The summed E-state index contributed by atoms with van der Waals surface area (Å²) in [6.07, 6.45) is 0. The van der Waals surface area contributed by atoms with Crippen molar-refractivity contribution in [3.8, 4) is 0 Å². The van der Waals surface area contributed by atoms with E-state index in [9.17, 15) is 14.3 Å². The van der Waals surface area contributed by atoms with Gasteiger partial charge < -0.3 is 5.11 Å². The number of aliphatic carboxylic acids is 1. The van der Waals surface area contributed by atoms with Crippen LogP contribution >= 0.6 is 0 Å². The molecule has 0 aliphatic rings. The summed E-state index contributed by atoms with van der Waals surface area (Å²) in [4.78, 5) is 13.3. The van der Waals surface area contributed by atoms with E-state index >= 15 is 0 Å². The zero-order valence-electron chi connectivity index (χ0n) is 10.4. The van der Waals surface area contributed by atoms with Crippen molar-refractivity contribution in [3.63, 3.8) is 0 Å². The monoisotopic (exact) mass is 239 g/mol. The number of hydrogen-bond donors (Lipinski definition) is 1. The highest BCUT2D eigenvalue weighted by atomic mass is 19.1. The van der Waals surface area contributed by atoms with E-state index in [0.29, 0.717) is 18.7 Å². The molecular weight excluding hydrogens is 221 g/mol. The number of carbonyl (C=O) groups is 1. The molecule has 0 spiro atoms. The Kier molecular flexibility index (Phi) is 4.23. The summed E-state index contributed by atoms with van der Waals surface area (Å²) in [7, 11) is 0. The third-order valence-electron chi connectivity index (χ3n) is 3.20. The molecule has 94 valence electrons. The summed E-state index contributed by atoms with van der Waals surface area (Å²) in [6.45, 7) is 6.58. The molecule has 0 saturated carbocycles. The summed E-state index contributed by atoms with van der Waals surface area (Å²) in [6, 6.07) is 5.78. The molecule has 0 aromatic heterocycles. The molecule has 0 aliphatic heterocycles. The number of likely N-dealkylation sites (N-methyl/N-ethyl adjacent to an activating group) is 1. The van der Waals surface area contributed by atoms with Gasteiger partial charge in [-0.2, -0.15) is 0 Å². The molecule has 0 bridgehead atoms. The van der Waals surface area contributed by atoms with Crippen LogP contribution in [0.3, 0.4) is 0 Å². The van der Waals surface area contributed by atoms with Crippen LogP contribution in [-0.2, 0) is 10.3 Å². The molecule has 1 atom stereocenters. The van der Waals surface area contributed by atoms with E-state index in [2.05, 4.69) is 0 Å². The number of halogens is 1.